The van der Waals surface area contributed by atoms with Gasteiger partial charge in [0.25, 0.3) is 0 Å². The Bertz CT molecular complexity index is 143. The van der Waals surface area contributed by atoms with Gasteiger partial charge in [-0.05, 0) is 19.4 Å². The Morgan fingerprint density at radius 3 is 2.70 bits per heavy atom. The van der Waals surface area contributed by atoms with Crippen LogP contribution in [0.15, 0.2) is 0 Å². The highest BCUT2D eigenvalue weighted by Crippen LogP contribution is 2.21. The van der Waals surface area contributed by atoms with Crippen LogP contribution in [0, 0.1) is 0 Å². The van der Waals surface area contributed by atoms with Crippen LogP contribution in [0.25, 0.3) is 0 Å². The summed E-state index contributed by atoms with van der Waals surface area (Å²) < 4.78 is 0.653. The van der Waals surface area contributed by atoms with E-state index >= 15 is 0 Å². The van der Waals surface area contributed by atoms with Gasteiger partial charge in [0.1, 0.15) is 5.54 Å². The molecule has 1 rings (SSSR count). The van der Waals surface area contributed by atoms with Crippen LogP contribution in [0.2, 0.25) is 0 Å². The minimum absolute atomic E-state index is 0.611. The summed E-state index contributed by atoms with van der Waals surface area (Å²) in [6.07, 6.45) is 1.75. The number of alkyl halides is 1. The molecule has 0 aromatic rings. The number of carbonyl (C=O) groups is 1. The largest absolute Gasteiger partial charge is 0.480 e. The normalized spacial score (nSPS) is 32.5. The van der Waals surface area contributed by atoms with E-state index in [-0.39, 0.29) is 0 Å². The molecule has 4 heteroatoms. The molecule has 0 aromatic heterocycles. The van der Waals surface area contributed by atoms with Crippen molar-refractivity contribution in [3.63, 3.8) is 0 Å². The van der Waals surface area contributed by atoms with Crippen LogP contribution < -0.4 is 5.32 Å². The molecule has 1 atom stereocenters. The fourth-order valence-corrected chi connectivity index (χ4v) is 2.14. The van der Waals surface area contributed by atoms with Gasteiger partial charge in [0.15, 0.2) is 0 Å². The molecular weight excluding hydrogens is 245 g/mol. The summed E-state index contributed by atoms with van der Waals surface area (Å²) in [4.78, 5) is 10.7. The lowest BCUT2D eigenvalue weighted by molar-refractivity contribution is -0.143. The first-order valence-electron chi connectivity index (χ1n) is 3.26. The molecule has 0 saturated carbocycles. The Morgan fingerprint density at radius 1 is 1.80 bits per heavy atom. The van der Waals surface area contributed by atoms with E-state index in [0.29, 0.717) is 4.43 Å². The summed E-state index contributed by atoms with van der Waals surface area (Å²) in [5.74, 6) is -0.709. The number of rotatable bonds is 2. The Labute approximate surface area is 73.3 Å². The summed E-state index contributed by atoms with van der Waals surface area (Å²) in [5, 5.41) is 11.8. The van der Waals surface area contributed by atoms with Crippen molar-refractivity contribution in [2.45, 2.75) is 18.4 Å². The summed E-state index contributed by atoms with van der Waals surface area (Å²) in [5.41, 5.74) is -0.611. The molecule has 0 unspecified atom stereocenters. The van der Waals surface area contributed by atoms with Crippen molar-refractivity contribution in [3.8, 4) is 0 Å². The van der Waals surface area contributed by atoms with E-state index in [1.165, 1.54) is 0 Å². The Balaban J connectivity index is 2.67. The van der Waals surface area contributed by atoms with Crippen LogP contribution in [0.5, 0.6) is 0 Å². The highest BCUT2D eigenvalue weighted by Gasteiger charge is 2.39. The zero-order chi connectivity index (χ0) is 7.61. The maximum absolute atomic E-state index is 10.7. The molecule has 3 nitrogen and oxygen atoms in total. The van der Waals surface area contributed by atoms with Crippen molar-refractivity contribution in [1.29, 1.82) is 0 Å². The topological polar surface area (TPSA) is 49.3 Å². The second-order valence-electron chi connectivity index (χ2n) is 2.55. The number of carboxylic acid groups (broad SMARTS) is 1. The molecule has 58 valence electrons. The van der Waals surface area contributed by atoms with Crippen LogP contribution in [0.3, 0.4) is 0 Å². The Morgan fingerprint density at radius 2 is 2.50 bits per heavy atom. The van der Waals surface area contributed by atoms with Crippen LogP contribution in [0.1, 0.15) is 12.8 Å². The summed E-state index contributed by atoms with van der Waals surface area (Å²) in [6, 6.07) is 0. The third-order valence-corrected chi connectivity index (χ3v) is 3.18. The van der Waals surface area contributed by atoms with E-state index in [9.17, 15) is 4.79 Å². The standard InChI is InChI=1S/C6H10INO2/c7-4-6(5(9)10)2-1-3-8-6/h8H,1-4H2,(H,9,10)/t6-/m1/s1. The molecule has 0 aliphatic carbocycles. The van der Waals surface area contributed by atoms with Gasteiger partial charge >= 0.3 is 5.97 Å². The van der Waals surface area contributed by atoms with Crippen LogP contribution in [-0.2, 0) is 4.79 Å². The van der Waals surface area contributed by atoms with Crippen molar-refractivity contribution >= 4 is 28.6 Å². The summed E-state index contributed by atoms with van der Waals surface area (Å²) >= 11 is 2.11. The smallest absolute Gasteiger partial charge is 0.324 e. The van der Waals surface area contributed by atoms with Gasteiger partial charge in [-0.2, -0.15) is 0 Å². The zero-order valence-corrected chi connectivity index (χ0v) is 7.72. The van der Waals surface area contributed by atoms with Crippen LogP contribution >= 0.6 is 22.6 Å². The summed E-state index contributed by atoms with van der Waals surface area (Å²) in [7, 11) is 0. The average Bonchev–Trinajstić information content (AvgIpc) is 2.35. The molecule has 0 radical (unpaired) electrons. The number of hydrogen-bond acceptors (Lipinski definition) is 2. The lowest BCUT2D eigenvalue weighted by Gasteiger charge is -2.20. The van der Waals surface area contributed by atoms with Crippen molar-refractivity contribution < 1.29 is 9.90 Å². The van der Waals surface area contributed by atoms with Gasteiger partial charge in [-0.15, -0.1) is 0 Å². The molecule has 10 heavy (non-hydrogen) atoms. The van der Waals surface area contributed by atoms with Gasteiger partial charge in [-0.3, -0.25) is 4.79 Å². The number of aliphatic carboxylic acids is 1. The number of hydrogen-bond donors (Lipinski definition) is 2. The van der Waals surface area contributed by atoms with Gasteiger partial charge < -0.3 is 10.4 Å². The minimum atomic E-state index is -0.709. The van der Waals surface area contributed by atoms with E-state index < -0.39 is 11.5 Å². The van der Waals surface area contributed by atoms with Crippen LogP contribution in [-0.4, -0.2) is 27.6 Å². The van der Waals surface area contributed by atoms with E-state index in [4.69, 9.17) is 5.11 Å². The second-order valence-corrected chi connectivity index (χ2v) is 3.31. The molecule has 0 aromatic carbocycles. The predicted molar refractivity (Wildman–Crippen MR) is 46.5 cm³/mol. The van der Waals surface area contributed by atoms with E-state index in [1.807, 2.05) is 0 Å². The minimum Gasteiger partial charge on any atom is -0.480 e. The Kier molecular flexibility index (Phi) is 2.51. The molecule has 0 bridgehead atoms. The third kappa shape index (κ3) is 1.27. The van der Waals surface area contributed by atoms with Crippen molar-refractivity contribution in [2.24, 2.45) is 0 Å². The van der Waals surface area contributed by atoms with Gasteiger partial charge in [0.2, 0.25) is 0 Å². The van der Waals surface area contributed by atoms with Crippen molar-refractivity contribution in [2.75, 3.05) is 11.0 Å². The fourth-order valence-electron chi connectivity index (χ4n) is 1.16. The molecule has 1 saturated heterocycles. The quantitative estimate of drug-likeness (QED) is 0.562. The average molecular weight is 255 g/mol. The highest BCUT2D eigenvalue weighted by atomic mass is 127. The maximum atomic E-state index is 10.7. The first-order valence-corrected chi connectivity index (χ1v) is 4.78. The van der Waals surface area contributed by atoms with Gasteiger partial charge in [-0.25, -0.2) is 0 Å². The molecule has 0 amide bonds. The molecule has 1 fully saturated rings. The molecule has 1 aliphatic heterocycles. The van der Waals surface area contributed by atoms with Gasteiger partial charge in [-0.1, -0.05) is 22.6 Å². The first-order chi connectivity index (χ1) is 4.71. The first kappa shape index (κ1) is 8.26. The fraction of sp³-hybridized carbons (Fsp3) is 0.833. The molecule has 1 aliphatic rings. The van der Waals surface area contributed by atoms with E-state index in [1.54, 1.807) is 0 Å². The van der Waals surface area contributed by atoms with Crippen LogP contribution in [0.4, 0.5) is 0 Å². The number of carboxylic acids is 1. The van der Waals surface area contributed by atoms with Gasteiger partial charge in [0, 0.05) is 4.43 Å². The highest BCUT2D eigenvalue weighted by molar-refractivity contribution is 14.1. The van der Waals surface area contributed by atoms with Crippen molar-refractivity contribution in [1.82, 2.24) is 5.32 Å². The lowest BCUT2D eigenvalue weighted by Crippen LogP contribution is -2.49. The molecular formula is C6H10INO2. The van der Waals surface area contributed by atoms with Crippen molar-refractivity contribution in [3.05, 3.63) is 0 Å². The zero-order valence-electron chi connectivity index (χ0n) is 5.56. The molecule has 0 spiro atoms. The van der Waals surface area contributed by atoms with E-state index in [2.05, 4.69) is 27.9 Å². The SMILES string of the molecule is O=C(O)[C@]1(CI)CCCN1. The Hall–Kier alpha value is 0.160. The maximum Gasteiger partial charge on any atom is 0.324 e. The monoisotopic (exact) mass is 255 g/mol. The predicted octanol–water partition coefficient (Wildman–Crippen LogP) is 0.628. The third-order valence-electron chi connectivity index (χ3n) is 1.88. The van der Waals surface area contributed by atoms with E-state index in [0.717, 1.165) is 19.4 Å². The number of nitrogens with one attached hydrogen (secondary N) is 1. The number of halogens is 1. The lowest BCUT2D eigenvalue weighted by atomic mass is 10.0. The van der Waals surface area contributed by atoms with Gasteiger partial charge in [0.05, 0.1) is 0 Å². The summed E-state index contributed by atoms with van der Waals surface area (Å²) in [6.45, 7) is 0.843. The second kappa shape index (κ2) is 3.04. The molecule has 1 heterocycles. The molecule has 2 N–H and O–H groups in total.